The van der Waals surface area contributed by atoms with Gasteiger partial charge in [0.05, 0.1) is 5.52 Å². The Bertz CT molecular complexity index is 901. The van der Waals surface area contributed by atoms with Crippen molar-refractivity contribution in [3.63, 3.8) is 0 Å². The molecule has 130 valence electrons. The van der Waals surface area contributed by atoms with E-state index in [0.717, 1.165) is 22.2 Å². The van der Waals surface area contributed by atoms with Crippen molar-refractivity contribution in [1.82, 2.24) is 4.57 Å². The number of nitrogens with zero attached hydrogens (tertiary/aromatic N) is 1. The first kappa shape index (κ1) is 17.9. The molecule has 3 rings (SSSR count). The van der Waals surface area contributed by atoms with Gasteiger partial charge in [-0.15, -0.1) is 0 Å². The van der Waals surface area contributed by atoms with Crippen LogP contribution in [-0.2, 0) is 4.74 Å². The predicted octanol–water partition coefficient (Wildman–Crippen LogP) is 5.82. The average molecular weight is 399 g/mol. The second-order valence-corrected chi connectivity index (χ2v) is 7.89. The van der Waals surface area contributed by atoms with Crippen LogP contribution >= 0.6 is 34.8 Å². The summed E-state index contributed by atoms with van der Waals surface area (Å²) in [5, 5.41) is 0.968. The molecule has 0 saturated carbocycles. The van der Waals surface area contributed by atoms with E-state index in [2.05, 4.69) is 0 Å². The molecule has 4 nitrogen and oxygen atoms in total. The summed E-state index contributed by atoms with van der Waals surface area (Å²) >= 11 is 16.8. The maximum atomic E-state index is 12.0. The van der Waals surface area contributed by atoms with Crippen LogP contribution in [0.25, 0.3) is 16.6 Å². The molecule has 1 heterocycles. The lowest BCUT2D eigenvalue weighted by Crippen LogP contribution is -2.20. The molecule has 2 aromatic carbocycles. The normalized spacial score (nSPS) is 11.5. The topological polar surface area (TPSA) is 40.5 Å². The van der Waals surface area contributed by atoms with Crippen molar-refractivity contribution in [2.45, 2.75) is 10.7 Å². The number of carbonyl (C=O) groups excluding carboxylic acids is 1. The summed E-state index contributed by atoms with van der Waals surface area (Å²) in [6.45, 7) is 1.47. The van der Waals surface area contributed by atoms with E-state index in [1.807, 2.05) is 66.1 Å². The van der Waals surface area contributed by atoms with Crippen molar-refractivity contribution < 1.29 is 14.3 Å². The first-order valence-corrected chi connectivity index (χ1v) is 8.57. The van der Waals surface area contributed by atoms with Gasteiger partial charge in [0.25, 0.3) is 0 Å². The SMILES string of the molecule is Cc1c(OC(=O)OCC(Cl)(Cl)Cl)n(-c2ccccc2)c2ccccc12. The van der Waals surface area contributed by atoms with Gasteiger partial charge in [0.1, 0.15) is 6.61 Å². The minimum absolute atomic E-state index is 0.363. The molecule has 3 aromatic rings. The molecular weight excluding hydrogens is 385 g/mol. The van der Waals surface area contributed by atoms with Crippen LogP contribution in [0.4, 0.5) is 4.79 Å². The molecule has 0 saturated heterocycles. The zero-order chi connectivity index (χ0) is 18.0. The monoisotopic (exact) mass is 397 g/mol. The van der Waals surface area contributed by atoms with Gasteiger partial charge >= 0.3 is 6.16 Å². The Labute approximate surface area is 159 Å². The molecule has 0 fully saturated rings. The Kier molecular flexibility index (Phi) is 5.13. The fraction of sp³-hybridized carbons (Fsp3) is 0.167. The molecule has 0 aliphatic rings. The van der Waals surface area contributed by atoms with E-state index < -0.39 is 16.6 Å². The lowest BCUT2D eigenvalue weighted by atomic mass is 10.2. The van der Waals surface area contributed by atoms with Crippen molar-refractivity contribution in [2.75, 3.05) is 6.61 Å². The zero-order valence-electron chi connectivity index (χ0n) is 13.2. The molecule has 1 aromatic heterocycles. The molecule has 0 unspecified atom stereocenters. The van der Waals surface area contributed by atoms with Crippen molar-refractivity contribution in [3.8, 4) is 11.6 Å². The van der Waals surface area contributed by atoms with E-state index in [9.17, 15) is 4.79 Å². The molecule has 0 radical (unpaired) electrons. The van der Waals surface area contributed by atoms with Crippen LogP contribution in [0.3, 0.4) is 0 Å². The number of aryl methyl sites for hydroxylation is 1. The van der Waals surface area contributed by atoms with Crippen molar-refractivity contribution in [1.29, 1.82) is 0 Å². The third-order valence-corrected chi connectivity index (χ3v) is 3.95. The first-order chi connectivity index (χ1) is 11.9. The molecule has 25 heavy (non-hydrogen) atoms. The lowest BCUT2D eigenvalue weighted by Gasteiger charge is -2.13. The van der Waals surface area contributed by atoms with Crippen LogP contribution in [0.5, 0.6) is 5.88 Å². The molecule has 0 N–H and O–H groups in total. The molecule has 0 aliphatic heterocycles. The number of aromatic nitrogens is 1. The Hall–Kier alpha value is -1.88. The van der Waals surface area contributed by atoms with Crippen LogP contribution in [0.15, 0.2) is 54.6 Å². The number of halogens is 3. The number of rotatable bonds is 3. The van der Waals surface area contributed by atoms with Crippen LogP contribution in [0.2, 0.25) is 0 Å². The number of ether oxygens (including phenoxy) is 2. The quantitative estimate of drug-likeness (QED) is 0.412. The van der Waals surface area contributed by atoms with E-state index in [-0.39, 0.29) is 0 Å². The van der Waals surface area contributed by atoms with Crippen LogP contribution in [-0.4, -0.2) is 21.1 Å². The van der Waals surface area contributed by atoms with Crippen molar-refractivity contribution in [2.24, 2.45) is 0 Å². The number of hydrogen-bond donors (Lipinski definition) is 0. The summed E-state index contributed by atoms with van der Waals surface area (Å²) in [5.74, 6) is 0.363. The van der Waals surface area contributed by atoms with E-state index in [1.165, 1.54) is 0 Å². The molecule has 7 heteroatoms. The Morgan fingerprint density at radius 1 is 1.04 bits per heavy atom. The minimum atomic E-state index is -1.69. The first-order valence-electron chi connectivity index (χ1n) is 7.43. The highest BCUT2D eigenvalue weighted by Gasteiger charge is 2.25. The zero-order valence-corrected chi connectivity index (χ0v) is 15.5. The molecule has 0 aliphatic carbocycles. The van der Waals surface area contributed by atoms with Gasteiger partial charge in [0, 0.05) is 16.6 Å². The van der Waals surface area contributed by atoms with E-state index in [0.29, 0.717) is 5.88 Å². The summed E-state index contributed by atoms with van der Waals surface area (Å²) in [6, 6.07) is 17.3. The third kappa shape index (κ3) is 4.03. The summed E-state index contributed by atoms with van der Waals surface area (Å²) in [6.07, 6.45) is -0.936. The highest BCUT2D eigenvalue weighted by Crippen LogP contribution is 2.35. The van der Waals surface area contributed by atoms with Gasteiger partial charge in [-0.1, -0.05) is 71.2 Å². The number of benzene rings is 2. The molecule has 0 amide bonds. The van der Waals surface area contributed by atoms with Gasteiger partial charge < -0.3 is 9.47 Å². The Morgan fingerprint density at radius 2 is 1.68 bits per heavy atom. The van der Waals surface area contributed by atoms with Crippen LogP contribution in [0, 0.1) is 6.92 Å². The smallest absolute Gasteiger partial charge is 0.429 e. The second kappa shape index (κ2) is 7.16. The van der Waals surface area contributed by atoms with Gasteiger partial charge in [0.15, 0.2) is 0 Å². The number of alkyl halides is 3. The summed E-state index contributed by atoms with van der Waals surface area (Å²) < 4.78 is 10.5. The lowest BCUT2D eigenvalue weighted by molar-refractivity contribution is 0.0985. The van der Waals surface area contributed by atoms with E-state index in [1.54, 1.807) is 0 Å². The Balaban J connectivity index is 2.02. The van der Waals surface area contributed by atoms with Gasteiger partial charge in [-0.3, -0.25) is 4.57 Å². The molecule has 0 atom stereocenters. The van der Waals surface area contributed by atoms with Crippen molar-refractivity contribution >= 4 is 51.9 Å². The maximum absolute atomic E-state index is 12.0. The number of fused-ring (bicyclic) bond motifs is 1. The van der Waals surface area contributed by atoms with Crippen molar-refractivity contribution in [3.05, 3.63) is 60.2 Å². The summed E-state index contributed by atoms with van der Waals surface area (Å²) in [5.41, 5.74) is 2.58. The summed E-state index contributed by atoms with van der Waals surface area (Å²) in [4.78, 5) is 12.0. The number of para-hydroxylation sites is 2. The Morgan fingerprint density at radius 3 is 2.36 bits per heavy atom. The molecule has 0 bridgehead atoms. The second-order valence-electron chi connectivity index (χ2n) is 5.37. The number of hydrogen-bond acceptors (Lipinski definition) is 3. The fourth-order valence-electron chi connectivity index (χ4n) is 2.58. The minimum Gasteiger partial charge on any atom is -0.429 e. The summed E-state index contributed by atoms with van der Waals surface area (Å²) in [7, 11) is 0. The fourth-order valence-corrected chi connectivity index (χ4v) is 2.75. The van der Waals surface area contributed by atoms with E-state index >= 15 is 0 Å². The predicted molar refractivity (Wildman–Crippen MR) is 100 cm³/mol. The standard InChI is InChI=1S/C18H14Cl3NO3/c1-12-14-9-5-6-10-15(14)22(13-7-3-2-4-8-13)16(12)25-17(23)24-11-18(19,20)21/h2-10H,11H2,1H3. The van der Waals surface area contributed by atoms with Gasteiger partial charge in [-0.25, -0.2) is 4.79 Å². The third-order valence-electron chi connectivity index (χ3n) is 3.62. The molecular formula is C18H14Cl3NO3. The largest absolute Gasteiger partial charge is 0.515 e. The van der Waals surface area contributed by atoms with Gasteiger partial charge in [0.2, 0.25) is 9.67 Å². The van der Waals surface area contributed by atoms with Crippen LogP contribution < -0.4 is 4.74 Å². The van der Waals surface area contributed by atoms with E-state index in [4.69, 9.17) is 44.3 Å². The maximum Gasteiger partial charge on any atom is 0.515 e. The molecule has 0 spiro atoms. The highest BCUT2D eigenvalue weighted by atomic mass is 35.6. The van der Waals surface area contributed by atoms with Gasteiger partial charge in [-0.2, -0.15) is 0 Å². The number of carbonyl (C=O) groups is 1. The highest BCUT2D eigenvalue weighted by molar-refractivity contribution is 6.67. The van der Waals surface area contributed by atoms with Gasteiger partial charge in [-0.05, 0) is 25.1 Å². The average Bonchev–Trinajstić information content (AvgIpc) is 2.86. The van der Waals surface area contributed by atoms with Crippen LogP contribution in [0.1, 0.15) is 5.56 Å².